The number of amides is 1. The summed E-state index contributed by atoms with van der Waals surface area (Å²) in [6.07, 6.45) is 3.07. The van der Waals surface area contributed by atoms with Crippen molar-refractivity contribution >= 4 is 12.4 Å². The number of benzene rings is 1. The normalized spacial score (nSPS) is 9.65. The van der Waals surface area contributed by atoms with Crippen LogP contribution >= 0.6 is 0 Å². The molecule has 0 aliphatic rings. The van der Waals surface area contributed by atoms with Crippen LogP contribution in [0.2, 0.25) is 0 Å². The van der Waals surface area contributed by atoms with Crippen LogP contribution < -0.4 is 5.32 Å². The van der Waals surface area contributed by atoms with Crippen molar-refractivity contribution in [2.75, 3.05) is 6.54 Å². The van der Waals surface area contributed by atoms with Crippen molar-refractivity contribution < 1.29 is 14.3 Å². The van der Waals surface area contributed by atoms with E-state index in [0.717, 1.165) is 24.7 Å². The van der Waals surface area contributed by atoms with Crippen LogP contribution in [0.25, 0.3) is 0 Å². The molecule has 0 fully saturated rings. The fourth-order valence-corrected chi connectivity index (χ4v) is 1.33. The van der Waals surface area contributed by atoms with Crippen molar-refractivity contribution in [1.82, 2.24) is 5.32 Å². The van der Waals surface area contributed by atoms with E-state index >= 15 is 0 Å². The third-order valence-corrected chi connectivity index (χ3v) is 2.24. The number of nitrogens with one attached hydrogen (secondary N) is 1. The van der Waals surface area contributed by atoms with Gasteiger partial charge in [0.25, 0.3) is 6.29 Å². The minimum absolute atomic E-state index is 0.289. The van der Waals surface area contributed by atoms with Gasteiger partial charge in [-0.3, -0.25) is 4.79 Å². The van der Waals surface area contributed by atoms with Crippen molar-refractivity contribution in [1.29, 1.82) is 0 Å². The zero-order valence-corrected chi connectivity index (χ0v) is 9.76. The zero-order chi connectivity index (χ0) is 12.3. The van der Waals surface area contributed by atoms with E-state index in [-0.39, 0.29) is 6.61 Å². The lowest BCUT2D eigenvalue weighted by Gasteiger charge is -2.06. The molecule has 1 aromatic rings. The molecular formula is C13H18NO3+. The van der Waals surface area contributed by atoms with Crippen molar-refractivity contribution in [2.24, 2.45) is 0 Å². The van der Waals surface area contributed by atoms with Crippen LogP contribution in [-0.2, 0) is 11.3 Å². The Morgan fingerprint density at radius 3 is 2.76 bits per heavy atom. The fourth-order valence-electron chi connectivity index (χ4n) is 1.33. The molecule has 0 heterocycles. The van der Waals surface area contributed by atoms with Crippen LogP contribution in [0.3, 0.4) is 0 Å². The van der Waals surface area contributed by atoms with Gasteiger partial charge in [0.1, 0.15) is 6.61 Å². The Morgan fingerprint density at radius 1 is 1.29 bits per heavy atom. The monoisotopic (exact) mass is 236 g/mol. The molecule has 4 nitrogen and oxygen atoms in total. The van der Waals surface area contributed by atoms with Gasteiger partial charge in [-0.25, -0.2) is 4.79 Å². The summed E-state index contributed by atoms with van der Waals surface area (Å²) >= 11 is 0. The van der Waals surface area contributed by atoms with Gasteiger partial charge in [-0.2, -0.15) is 0 Å². The van der Waals surface area contributed by atoms with Crippen LogP contribution in [-0.4, -0.2) is 23.7 Å². The lowest BCUT2D eigenvalue weighted by atomic mass is 10.2. The maximum Gasteiger partial charge on any atom is 0.407 e. The van der Waals surface area contributed by atoms with E-state index in [0.29, 0.717) is 13.0 Å². The van der Waals surface area contributed by atoms with Gasteiger partial charge >= 0.3 is 6.09 Å². The summed E-state index contributed by atoms with van der Waals surface area (Å²) < 4.78 is 5.03. The largest absolute Gasteiger partial charge is 0.445 e. The molecule has 1 rings (SSSR count). The Balaban J connectivity index is 2.07. The molecule has 1 aromatic carbocycles. The quantitative estimate of drug-likeness (QED) is 0.448. The van der Waals surface area contributed by atoms with Crippen LogP contribution in [0.5, 0.6) is 0 Å². The highest BCUT2D eigenvalue weighted by Crippen LogP contribution is 2.00. The summed E-state index contributed by atoms with van der Waals surface area (Å²) in [4.78, 5) is 19.7. The number of hydrogen-bond donors (Lipinski definition) is 1. The second kappa shape index (κ2) is 8.33. The van der Waals surface area contributed by atoms with Gasteiger partial charge in [0.2, 0.25) is 0 Å². The first-order chi connectivity index (χ1) is 8.33. The van der Waals surface area contributed by atoms with Crippen molar-refractivity contribution in [3.63, 3.8) is 0 Å². The van der Waals surface area contributed by atoms with Crippen molar-refractivity contribution in [2.45, 2.75) is 25.9 Å². The Bertz CT molecular complexity index is 338. The highest BCUT2D eigenvalue weighted by molar-refractivity contribution is 5.67. The topological polar surface area (TPSA) is 59.7 Å². The number of carbonyl (C=O) groups excluding carboxylic acids is 2. The summed E-state index contributed by atoms with van der Waals surface area (Å²) in [6, 6.07) is 9.54. The van der Waals surface area contributed by atoms with Crippen LogP contribution in [0, 0.1) is 0 Å². The molecule has 0 spiro atoms. The molecule has 0 atom stereocenters. The lowest BCUT2D eigenvalue weighted by Crippen LogP contribution is -2.25. The molecular weight excluding hydrogens is 218 g/mol. The highest BCUT2D eigenvalue weighted by atomic mass is 16.5. The smallest absolute Gasteiger partial charge is 0.407 e. The number of unbranched alkanes of at least 4 members (excludes halogenated alkanes) is 2. The maximum atomic E-state index is 11.3. The van der Waals surface area contributed by atoms with Crippen molar-refractivity contribution in [3.8, 4) is 0 Å². The summed E-state index contributed by atoms with van der Waals surface area (Å²) in [5.41, 5.74) is 0.970. The van der Waals surface area contributed by atoms with E-state index in [1.54, 1.807) is 0 Å². The minimum Gasteiger partial charge on any atom is -0.445 e. The van der Waals surface area contributed by atoms with E-state index in [2.05, 4.69) is 5.32 Å². The van der Waals surface area contributed by atoms with Crippen LogP contribution in [0.4, 0.5) is 4.79 Å². The maximum absolute atomic E-state index is 11.3. The second-order valence-electron chi connectivity index (χ2n) is 3.67. The summed E-state index contributed by atoms with van der Waals surface area (Å²) in [5, 5.41) is 2.66. The van der Waals surface area contributed by atoms with E-state index in [9.17, 15) is 4.79 Å². The number of ether oxygens (including phenoxy) is 1. The van der Waals surface area contributed by atoms with Gasteiger partial charge in [-0.05, 0) is 18.4 Å². The van der Waals surface area contributed by atoms with Gasteiger partial charge in [-0.1, -0.05) is 30.3 Å². The molecule has 0 aliphatic heterocycles. The molecule has 17 heavy (non-hydrogen) atoms. The van der Waals surface area contributed by atoms with Gasteiger partial charge in [0, 0.05) is 6.54 Å². The van der Waals surface area contributed by atoms with E-state index in [4.69, 9.17) is 9.53 Å². The molecule has 1 amide bonds. The first-order valence-corrected chi connectivity index (χ1v) is 5.73. The number of carbonyl (C=O) groups is 1. The average Bonchev–Trinajstić information content (AvgIpc) is 2.37. The Kier molecular flexibility index (Phi) is 6.48. The van der Waals surface area contributed by atoms with Gasteiger partial charge in [0.05, 0.1) is 6.42 Å². The average molecular weight is 236 g/mol. The molecule has 0 aliphatic carbocycles. The summed E-state index contributed by atoms with van der Waals surface area (Å²) in [6.45, 7) is 0.860. The summed E-state index contributed by atoms with van der Waals surface area (Å²) in [7, 11) is 0. The third-order valence-electron chi connectivity index (χ3n) is 2.24. The molecule has 4 heteroatoms. The molecule has 0 saturated carbocycles. The third kappa shape index (κ3) is 6.35. The van der Waals surface area contributed by atoms with E-state index in [1.807, 2.05) is 30.3 Å². The van der Waals surface area contributed by atoms with Crippen LogP contribution in [0.15, 0.2) is 30.3 Å². The Labute approximate surface area is 101 Å². The summed E-state index contributed by atoms with van der Waals surface area (Å²) in [5.74, 6) is 0. The molecule has 0 radical (unpaired) electrons. The number of rotatable bonds is 7. The number of hydrogen-bond acceptors (Lipinski definition) is 2. The Morgan fingerprint density at radius 2 is 2.06 bits per heavy atom. The van der Waals surface area contributed by atoms with Crippen molar-refractivity contribution in [3.05, 3.63) is 35.9 Å². The number of alkyl carbamates (subject to hydrolysis) is 1. The molecule has 92 valence electrons. The predicted octanol–water partition coefficient (Wildman–Crippen LogP) is 2.26. The zero-order valence-electron chi connectivity index (χ0n) is 9.76. The SMILES string of the molecule is O=C(NCCCCC=[OH+])OCc1ccccc1. The first kappa shape index (κ1) is 13.2. The second-order valence-corrected chi connectivity index (χ2v) is 3.67. The van der Waals surface area contributed by atoms with Crippen LogP contribution in [0.1, 0.15) is 24.8 Å². The Hall–Kier alpha value is -1.84. The molecule has 0 bridgehead atoms. The molecule has 0 unspecified atom stereocenters. The molecule has 2 N–H and O–H groups in total. The number of aldehydes is 1. The van der Waals surface area contributed by atoms with Gasteiger partial charge < -0.3 is 10.1 Å². The van der Waals surface area contributed by atoms with E-state index < -0.39 is 6.09 Å². The van der Waals surface area contributed by atoms with Gasteiger partial charge in [-0.15, -0.1) is 0 Å². The molecule has 0 saturated heterocycles. The van der Waals surface area contributed by atoms with Gasteiger partial charge in [0.15, 0.2) is 0 Å². The fraction of sp³-hybridized carbons (Fsp3) is 0.385. The lowest BCUT2D eigenvalue weighted by molar-refractivity contribution is 0.139. The first-order valence-electron chi connectivity index (χ1n) is 5.73. The highest BCUT2D eigenvalue weighted by Gasteiger charge is 2.01. The standard InChI is InChI=1S/C13H17NO3/c15-10-6-2-5-9-14-13(16)17-11-12-7-3-1-4-8-12/h1,3-4,7-8,10H,2,5-6,9,11H2,(H,14,16)/p+1. The minimum atomic E-state index is -0.401. The predicted molar refractivity (Wildman–Crippen MR) is 66.5 cm³/mol. The molecule has 0 aromatic heterocycles. The van der Waals surface area contributed by atoms with E-state index in [1.165, 1.54) is 0 Å².